The summed E-state index contributed by atoms with van der Waals surface area (Å²) in [4.78, 5) is 12.0. The zero-order chi connectivity index (χ0) is 13.0. The third-order valence-electron chi connectivity index (χ3n) is 3.39. The van der Waals surface area contributed by atoms with E-state index in [2.05, 4.69) is 28.2 Å². The molecule has 0 bridgehead atoms. The minimum Gasteiger partial charge on any atom is -0.378 e. The van der Waals surface area contributed by atoms with E-state index < -0.39 is 0 Å². The molecule has 98 valence electrons. The molecule has 1 amide bonds. The monoisotopic (exact) mass is 311 g/mol. The van der Waals surface area contributed by atoms with E-state index in [1.54, 1.807) is 0 Å². The van der Waals surface area contributed by atoms with Crippen LogP contribution in [0, 0.1) is 5.92 Å². The minimum absolute atomic E-state index is 0.0239. The predicted octanol–water partition coefficient (Wildman–Crippen LogP) is 2.99. The third kappa shape index (κ3) is 3.12. The molecular formula is C14H18BrNO2. The van der Waals surface area contributed by atoms with Crippen LogP contribution in [-0.2, 0) is 4.74 Å². The van der Waals surface area contributed by atoms with E-state index in [1.165, 1.54) is 0 Å². The van der Waals surface area contributed by atoms with E-state index in [9.17, 15) is 4.79 Å². The molecule has 0 saturated carbocycles. The fraction of sp³-hybridized carbons (Fsp3) is 0.500. The lowest BCUT2D eigenvalue weighted by Gasteiger charge is -2.17. The molecule has 1 aromatic carbocycles. The number of rotatable bonds is 4. The molecule has 1 aliphatic heterocycles. The zero-order valence-electron chi connectivity index (χ0n) is 10.5. The van der Waals surface area contributed by atoms with Gasteiger partial charge in [-0.25, -0.2) is 0 Å². The smallest absolute Gasteiger partial charge is 0.252 e. The zero-order valence-corrected chi connectivity index (χ0v) is 12.1. The molecule has 2 atom stereocenters. The molecule has 0 spiro atoms. The van der Waals surface area contributed by atoms with Gasteiger partial charge in [0.2, 0.25) is 0 Å². The van der Waals surface area contributed by atoms with Gasteiger partial charge < -0.3 is 10.1 Å². The summed E-state index contributed by atoms with van der Waals surface area (Å²) in [5, 5.41) is 3.00. The van der Waals surface area contributed by atoms with Crippen LogP contribution in [0.3, 0.4) is 0 Å². The summed E-state index contributed by atoms with van der Waals surface area (Å²) in [6.45, 7) is 3.63. The largest absolute Gasteiger partial charge is 0.378 e. The molecule has 1 fully saturated rings. The van der Waals surface area contributed by atoms with Crippen LogP contribution in [0.4, 0.5) is 0 Å². The van der Waals surface area contributed by atoms with E-state index in [4.69, 9.17) is 4.74 Å². The van der Waals surface area contributed by atoms with Gasteiger partial charge in [0.15, 0.2) is 0 Å². The van der Waals surface area contributed by atoms with Gasteiger partial charge in [0.25, 0.3) is 5.91 Å². The highest BCUT2D eigenvalue weighted by atomic mass is 79.9. The summed E-state index contributed by atoms with van der Waals surface area (Å²) in [5.74, 6) is 0.422. The van der Waals surface area contributed by atoms with Gasteiger partial charge >= 0.3 is 0 Å². The standard InChI is InChI=1S/C14H18BrNO2/c1-2-13-10(7-8-18-13)9-16-14(17)11-5-3-4-6-12(11)15/h3-6,10,13H,2,7-9H2,1H3,(H,16,17). The van der Waals surface area contributed by atoms with Crippen LogP contribution in [0.15, 0.2) is 28.7 Å². The number of hydrogen-bond donors (Lipinski definition) is 1. The molecule has 2 unspecified atom stereocenters. The maximum absolute atomic E-state index is 12.0. The first-order valence-corrected chi connectivity index (χ1v) is 7.16. The van der Waals surface area contributed by atoms with Crippen LogP contribution in [0.1, 0.15) is 30.1 Å². The number of nitrogens with one attached hydrogen (secondary N) is 1. The van der Waals surface area contributed by atoms with E-state index in [0.717, 1.165) is 23.9 Å². The fourth-order valence-electron chi connectivity index (χ4n) is 2.34. The molecule has 1 saturated heterocycles. The number of benzene rings is 1. The van der Waals surface area contributed by atoms with Gasteiger partial charge in [-0.1, -0.05) is 19.1 Å². The molecule has 1 heterocycles. The Hall–Kier alpha value is -0.870. The summed E-state index contributed by atoms with van der Waals surface area (Å²) in [6, 6.07) is 7.47. The van der Waals surface area contributed by atoms with E-state index in [-0.39, 0.29) is 5.91 Å². The Balaban J connectivity index is 1.91. The van der Waals surface area contributed by atoms with Crippen molar-refractivity contribution in [1.82, 2.24) is 5.32 Å². The van der Waals surface area contributed by atoms with Crippen molar-refractivity contribution in [3.63, 3.8) is 0 Å². The average Bonchev–Trinajstić information content (AvgIpc) is 2.84. The van der Waals surface area contributed by atoms with Crippen LogP contribution >= 0.6 is 15.9 Å². The summed E-state index contributed by atoms with van der Waals surface area (Å²) in [7, 11) is 0. The molecule has 0 aromatic heterocycles. The highest BCUT2D eigenvalue weighted by Gasteiger charge is 2.27. The lowest BCUT2D eigenvalue weighted by Crippen LogP contribution is -2.32. The SMILES string of the molecule is CCC1OCCC1CNC(=O)c1ccccc1Br. The van der Waals surface area contributed by atoms with Crippen molar-refractivity contribution in [2.45, 2.75) is 25.9 Å². The fourth-order valence-corrected chi connectivity index (χ4v) is 2.81. The molecule has 1 aliphatic rings. The second kappa shape index (κ2) is 6.34. The average molecular weight is 312 g/mol. The van der Waals surface area contributed by atoms with Gasteiger partial charge in [0, 0.05) is 23.5 Å². The lowest BCUT2D eigenvalue weighted by molar-refractivity contribution is 0.0826. The first-order valence-electron chi connectivity index (χ1n) is 6.36. The molecule has 2 rings (SSSR count). The Bertz CT molecular complexity index is 422. The van der Waals surface area contributed by atoms with Gasteiger partial charge in [-0.15, -0.1) is 0 Å². The summed E-state index contributed by atoms with van der Waals surface area (Å²) < 4.78 is 6.45. The van der Waals surface area contributed by atoms with Crippen LogP contribution in [0.5, 0.6) is 0 Å². The molecular weight excluding hydrogens is 294 g/mol. The number of hydrogen-bond acceptors (Lipinski definition) is 2. The van der Waals surface area contributed by atoms with Crippen molar-refractivity contribution in [3.8, 4) is 0 Å². The second-order valence-corrected chi connectivity index (χ2v) is 5.41. The Labute approximate surface area is 116 Å². The molecule has 0 aliphatic carbocycles. The van der Waals surface area contributed by atoms with Crippen molar-refractivity contribution in [2.75, 3.05) is 13.2 Å². The Morgan fingerprint density at radius 1 is 1.50 bits per heavy atom. The van der Waals surface area contributed by atoms with Crippen LogP contribution in [0.25, 0.3) is 0 Å². The molecule has 0 radical (unpaired) electrons. The van der Waals surface area contributed by atoms with Gasteiger partial charge in [0.05, 0.1) is 11.7 Å². The van der Waals surface area contributed by atoms with Gasteiger partial charge in [-0.2, -0.15) is 0 Å². The maximum atomic E-state index is 12.0. The summed E-state index contributed by atoms with van der Waals surface area (Å²) in [6.07, 6.45) is 2.34. The molecule has 18 heavy (non-hydrogen) atoms. The highest BCUT2D eigenvalue weighted by Crippen LogP contribution is 2.23. The quantitative estimate of drug-likeness (QED) is 0.928. The topological polar surface area (TPSA) is 38.3 Å². The van der Waals surface area contributed by atoms with Crippen molar-refractivity contribution in [3.05, 3.63) is 34.3 Å². The van der Waals surface area contributed by atoms with Crippen LogP contribution in [-0.4, -0.2) is 25.2 Å². The van der Waals surface area contributed by atoms with Gasteiger partial charge in [-0.3, -0.25) is 4.79 Å². The summed E-state index contributed by atoms with van der Waals surface area (Å²) >= 11 is 3.39. The van der Waals surface area contributed by atoms with E-state index in [1.807, 2.05) is 24.3 Å². The molecule has 3 nitrogen and oxygen atoms in total. The number of halogens is 1. The lowest BCUT2D eigenvalue weighted by atomic mass is 9.99. The second-order valence-electron chi connectivity index (χ2n) is 4.56. The Morgan fingerprint density at radius 2 is 2.28 bits per heavy atom. The molecule has 1 N–H and O–H groups in total. The van der Waals surface area contributed by atoms with E-state index >= 15 is 0 Å². The minimum atomic E-state index is -0.0239. The number of carbonyl (C=O) groups excluding carboxylic acids is 1. The van der Waals surface area contributed by atoms with Crippen molar-refractivity contribution in [2.24, 2.45) is 5.92 Å². The molecule has 1 aromatic rings. The first-order chi connectivity index (χ1) is 8.72. The normalized spacial score (nSPS) is 23.0. The highest BCUT2D eigenvalue weighted by molar-refractivity contribution is 9.10. The third-order valence-corrected chi connectivity index (χ3v) is 4.08. The Morgan fingerprint density at radius 3 is 3.00 bits per heavy atom. The molecule has 4 heteroatoms. The van der Waals surface area contributed by atoms with Crippen molar-refractivity contribution >= 4 is 21.8 Å². The van der Waals surface area contributed by atoms with Crippen LogP contribution < -0.4 is 5.32 Å². The van der Waals surface area contributed by atoms with Crippen molar-refractivity contribution in [1.29, 1.82) is 0 Å². The summed E-state index contributed by atoms with van der Waals surface area (Å²) in [5.41, 5.74) is 0.685. The number of ether oxygens (including phenoxy) is 1. The first kappa shape index (κ1) is 13.6. The van der Waals surface area contributed by atoms with Gasteiger partial charge in [0.1, 0.15) is 0 Å². The number of amides is 1. The Kier molecular flexibility index (Phi) is 4.78. The van der Waals surface area contributed by atoms with Crippen LogP contribution in [0.2, 0.25) is 0 Å². The van der Waals surface area contributed by atoms with E-state index in [0.29, 0.717) is 24.1 Å². The number of carbonyl (C=O) groups is 1. The maximum Gasteiger partial charge on any atom is 0.252 e. The van der Waals surface area contributed by atoms with Crippen molar-refractivity contribution < 1.29 is 9.53 Å². The van der Waals surface area contributed by atoms with Gasteiger partial charge in [-0.05, 0) is 40.9 Å². The predicted molar refractivity (Wildman–Crippen MR) is 74.6 cm³/mol.